The Balaban J connectivity index is 1.56. The zero-order valence-corrected chi connectivity index (χ0v) is 13.8. The molecule has 116 valence electrons. The van der Waals surface area contributed by atoms with Gasteiger partial charge in [-0.2, -0.15) is 11.8 Å². The van der Waals surface area contributed by atoms with Gasteiger partial charge in [0, 0.05) is 48.3 Å². The molecule has 21 heavy (non-hydrogen) atoms. The zero-order chi connectivity index (χ0) is 14.5. The van der Waals surface area contributed by atoms with Crippen LogP contribution in [0.25, 0.3) is 0 Å². The van der Waals surface area contributed by atoms with Crippen molar-refractivity contribution >= 4 is 34.3 Å². The summed E-state index contributed by atoms with van der Waals surface area (Å²) in [5.41, 5.74) is 0.182. The van der Waals surface area contributed by atoms with Gasteiger partial charge in [-0.15, -0.1) is 11.3 Å². The lowest BCUT2D eigenvalue weighted by atomic mass is 9.94. The number of nitrogens with one attached hydrogen (secondary N) is 2. The number of urea groups is 1. The predicted molar refractivity (Wildman–Crippen MR) is 89.2 cm³/mol. The standard InChI is InChI=1S/C14H22N4OS2/c19-12(17-13-15-5-8-21-13)16-11-14(3-1-2-4-14)18-6-9-20-10-7-18/h5,8H,1-4,6-7,9-11H2,(H2,15,16,17,19). The second-order valence-corrected chi connectivity index (χ2v) is 7.80. The number of amides is 2. The molecule has 0 spiro atoms. The van der Waals surface area contributed by atoms with E-state index in [4.69, 9.17) is 0 Å². The maximum atomic E-state index is 12.0. The first kappa shape index (κ1) is 15.1. The minimum absolute atomic E-state index is 0.136. The van der Waals surface area contributed by atoms with Crippen molar-refractivity contribution in [3.63, 3.8) is 0 Å². The molecule has 2 amide bonds. The zero-order valence-electron chi connectivity index (χ0n) is 12.1. The van der Waals surface area contributed by atoms with Crippen molar-refractivity contribution in [3.05, 3.63) is 11.6 Å². The van der Waals surface area contributed by atoms with E-state index in [1.165, 1.54) is 48.5 Å². The van der Waals surface area contributed by atoms with E-state index in [2.05, 4.69) is 20.5 Å². The van der Waals surface area contributed by atoms with Crippen molar-refractivity contribution in [2.45, 2.75) is 31.2 Å². The second-order valence-electron chi connectivity index (χ2n) is 5.68. The van der Waals surface area contributed by atoms with Crippen LogP contribution in [0, 0.1) is 0 Å². The van der Waals surface area contributed by atoms with Crippen LogP contribution in [-0.2, 0) is 0 Å². The van der Waals surface area contributed by atoms with E-state index in [1.54, 1.807) is 6.20 Å². The van der Waals surface area contributed by atoms with Gasteiger partial charge in [0.05, 0.1) is 0 Å². The monoisotopic (exact) mass is 326 g/mol. The van der Waals surface area contributed by atoms with Gasteiger partial charge in [-0.05, 0) is 12.8 Å². The fourth-order valence-corrected chi connectivity index (χ4v) is 4.77. The SMILES string of the molecule is O=C(NCC1(N2CCSCC2)CCCC1)Nc1nccs1. The summed E-state index contributed by atoms with van der Waals surface area (Å²) in [7, 11) is 0. The lowest BCUT2D eigenvalue weighted by molar-refractivity contribution is 0.105. The molecular formula is C14H22N4OS2. The molecule has 1 saturated heterocycles. The molecule has 2 N–H and O–H groups in total. The number of aromatic nitrogens is 1. The van der Waals surface area contributed by atoms with Crippen LogP contribution in [0.1, 0.15) is 25.7 Å². The van der Waals surface area contributed by atoms with E-state index in [9.17, 15) is 4.79 Å². The third-order valence-corrected chi connectivity index (χ3v) is 6.08. The largest absolute Gasteiger partial charge is 0.336 e. The molecule has 0 unspecified atom stereocenters. The number of thiazole rings is 1. The smallest absolute Gasteiger partial charge is 0.321 e. The van der Waals surface area contributed by atoms with Crippen LogP contribution in [0.15, 0.2) is 11.6 Å². The van der Waals surface area contributed by atoms with Crippen LogP contribution in [-0.4, -0.2) is 52.6 Å². The highest BCUT2D eigenvalue weighted by Crippen LogP contribution is 2.36. The van der Waals surface area contributed by atoms with E-state index < -0.39 is 0 Å². The minimum atomic E-state index is -0.136. The van der Waals surface area contributed by atoms with Gasteiger partial charge in [0.1, 0.15) is 0 Å². The molecule has 0 radical (unpaired) electrons. The topological polar surface area (TPSA) is 57.3 Å². The third-order valence-electron chi connectivity index (χ3n) is 4.45. The quantitative estimate of drug-likeness (QED) is 0.893. The number of carbonyl (C=O) groups is 1. The summed E-state index contributed by atoms with van der Waals surface area (Å²) in [6.45, 7) is 3.05. The molecule has 2 aliphatic rings. The van der Waals surface area contributed by atoms with Gasteiger partial charge in [-0.3, -0.25) is 10.2 Å². The number of carbonyl (C=O) groups excluding carboxylic acids is 1. The van der Waals surface area contributed by atoms with Crippen molar-refractivity contribution in [1.29, 1.82) is 0 Å². The Morgan fingerprint density at radius 2 is 2.10 bits per heavy atom. The van der Waals surface area contributed by atoms with E-state index in [1.807, 2.05) is 17.1 Å². The molecule has 7 heteroatoms. The van der Waals surface area contributed by atoms with Crippen molar-refractivity contribution in [3.8, 4) is 0 Å². The lowest BCUT2D eigenvalue weighted by Gasteiger charge is -2.43. The van der Waals surface area contributed by atoms with Crippen LogP contribution in [0.2, 0.25) is 0 Å². The van der Waals surface area contributed by atoms with Crippen LogP contribution in [0.4, 0.5) is 9.93 Å². The summed E-state index contributed by atoms with van der Waals surface area (Å²) in [4.78, 5) is 18.7. The van der Waals surface area contributed by atoms with Crippen LogP contribution >= 0.6 is 23.1 Å². The molecule has 0 atom stereocenters. The van der Waals surface area contributed by atoms with E-state index in [-0.39, 0.29) is 11.6 Å². The molecule has 5 nitrogen and oxygen atoms in total. The fraction of sp³-hybridized carbons (Fsp3) is 0.714. The molecule has 1 saturated carbocycles. The van der Waals surface area contributed by atoms with Gasteiger partial charge in [0.2, 0.25) is 0 Å². The Morgan fingerprint density at radius 1 is 1.33 bits per heavy atom. The summed E-state index contributed by atoms with van der Waals surface area (Å²) in [5.74, 6) is 2.43. The Morgan fingerprint density at radius 3 is 2.76 bits per heavy atom. The molecule has 3 rings (SSSR count). The highest BCUT2D eigenvalue weighted by Gasteiger charge is 2.40. The molecule has 0 bridgehead atoms. The number of nitrogens with zero attached hydrogens (tertiary/aromatic N) is 2. The first-order chi connectivity index (χ1) is 10.3. The molecule has 1 aliphatic carbocycles. The first-order valence-electron chi connectivity index (χ1n) is 7.56. The summed E-state index contributed by atoms with van der Waals surface area (Å²) in [5, 5.41) is 8.39. The summed E-state index contributed by atoms with van der Waals surface area (Å²) >= 11 is 3.48. The molecule has 1 aliphatic heterocycles. The Bertz CT molecular complexity index is 454. The second kappa shape index (κ2) is 6.98. The number of hydrogen-bond acceptors (Lipinski definition) is 5. The summed E-state index contributed by atoms with van der Waals surface area (Å²) < 4.78 is 0. The molecule has 2 fully saturated rings. The Labute approximate surface area is 133 Å². The Kier molecular flexibility index (Phi) is 5.03. The van der Waals surface area contributed by atoms with Gasteiger partial charge in [0.15, 0.2) is 5.13 Å². The molecule has 0 aromatic carbocycles. The Hall–Kier alpha value is -0.790. The highest BCUT2D eigenvalue weighted by molar-refractivity contribution is 7.99. The molecule has 1 aromatic heterocycles. The molecular weight excluding hydrogens is 304 g/mol. The van der Waals surface area contributed by atoms with Crippen LogP contribution in [0.5, 0.6) is 0 Å². The normalized spacial score (nSPS) is 22.1. The molecule has 1 aromatic rings. The van der Waals surface area contributed by atoms with Crippen molar-refractivity contribution in [1.82, 2.24) is 15.2 Å². The predicted octanol–water partition coefficient (Wildman–Crippen LogP) is 2.63. The van der Waals surface area contributed by atoms with Crippen molar-refractivity contribution < 1.29 is 4.79 Å². The van der Waals surface area contributed by atoms with Crippen molar-refractivity contribution in [2.75, 3.05) is 36.5 Å². The summed E-state index contributed by atoms with van der Waals surface area (Å²) in [6, 6.07) is -0.136. The average molecular weight is 326 g/mol. The number of hydrogen-bond donors (Lipinski definition) is 2. The first-order valence-corrected chi connectivity index (χ1v) is 9.59. The highest BCUT2D eigenvalue weighted by atomic mass is 32.2. The van der Waals surface area contributed by atoms with Gasteiger partial charge in [-0.1, -0.05) is 12.8 Å². The van der Waals surface area contributed by atoms with E-state index in [0.717, 1.165) is 19.6 Å². The van der Waals surface area contributed by atoms with Gasteiger partial charge < -0.3 is 5.32 Å². The van der Waals surface area contributed by atoms with Gasteiger partial charge in [0.25, 0.3) is 0 Å². The molecule has 2 heterocycles. The number of anilines is 1. The summed E-state index contributed by atoms with van der Waals surface area (Å²) in [6.07, 6.45) is 6.66. The lowest BCUT2D eigenvalue weighted by Crippen LogP contribution is -2.56. The average Bonchev–Trinajstić information content (AvgIpc) is 3.18. The fourth-order valence-electron chi connectivity index (χ4n) is 3.35. The number of thioether (sulfide) groups is 1. The van der Waals surface area contributed by atoms with Crippen molar-refractivity contribution in [2.24, 2.45) is 0 Å². The van der Waals surface area contributed by atoms with Crippen LogP contribution in [0.3, 0.4) is 0 Å². The van der Waals surface area contributed by atoms with E-state index >= 15 is 0 Å². The maximum Gasteiger partial charge on any atom is 0.321 e. The van der Waals surface area contributed by atoms with Gasteiger partial charge >= 0.3 is 6.03 Å². The third kappa shape index (κ3) is 3.70. The van der Waals surface area contributed by atoms with Crippen LogP contribution < -0.4 is 10.6 Å². The van der Waals surface area contributed by atoms with E-state index in [0.29, 0.717) is 5.13 Å². The van der Waals surface area contributed by atoms with Gasteiger partial charge in [-0.25, -0.2) is 9.78 Å². The number of rotatable bonds is 4. The minimum Gasteiger partial charge on any atom is -0.336 e. The maximum absolute atomic E-state index is 12.0.